The van der Waals surface area contributed by atoms with E-state index in [1.54, 1.807) is 11.8 Å². The zero-order chi connectivity index (χ0) is 15.3. The number of nitrogens with zero attached hydrogens (tertiary/aromatic N) is 1. The Morgan fingerprint density at radius 3 is 2.45 bits per heavy atom. The minimum Gasteiger partial charge on any atom is -0.316 e. The van der Waals surface area contributed by atoms with Crippen LogP contribution in [0.4, 0.5) is 0 Å². The second-order valence-electron chi connectivity index (χ2n) is 6.37. The molecular formula is C14H30N2O2S2. The smallest absolute Gasteiger partial charge is 0.164 e. The minimum atomic E-state index is -3.00. The van der Waals surface area contributed by atoms with E-state index in [1.165, 1.54) is 6.26 Å². The summed E-state index contributed by atoms with van der Waals surface area (Å²) in [7, 11) is -3.00. The van der Waals surface area contributed by atoms with Crippen molar-refractivity contribution in [3.05, 3.63) is 0 Å². The van der Waals surface area contributed by atoms with Gasteiger partial charge in [0.2, 0.25) is 0 Å². The predicted molar refractivity (Wildman–Crippen MR) is 89.0 cm³/mol. The van der Waals surface area contributed by atoms with Gasteiger partial charge in [0.05, 0.1) is 0 Å². The second-order valence-corrected chi connectivity index (χ2v) is 9.72. The van der Waals surface area contributed by atoms with Crippen molar-refractivity contribution in [2.24, 2.45) is 11.8 Å². The maximum Gasteiger partial charge on any atom is 0.164 e. The van der Waals surface area contributed by atoms with Crippen molar-refractivity contribution in [1.82, 2.24) is 10.2 Å². The molecule has 1 aliphatic rings. The van der Waals surface area contributed by atoms with Crippen molar-refractivity contribution < 1.29 is 8.42 Å². The third kappa shape index (κ3) is 5.54. The Labute approximate surface area is 129 Å². The fourth-order valence-corrected chi connectivity index (χ4v) is 5.49. The lowest BCUT2D eigenvalue weighted by atomic mass is 10.0. The highest BCUT2D eigenvalue weighted by Crippen LogP contribution is 2.25. The van der Waals surface area contributed by atoms with Gasteiger partial charge in [-0.3, -0.25) is 4.90 Å². The first-order valence-corrected chi connectivity index (χ1v) is 10.6. The van der Waals surface area contributed by atoms with Gasteiger partial charge < -0.3 is 5.32 Å². The molecular weight excluding hydrogens is 292 g/mol. The van der Waals surface area contributed by atoms with E-state index in [-0.39, 0.29) is 11.4 Å². The van der Waals surface area contributed by atoms with Gasteiger partial charge in [-0.25, -0.2) is 8.42 Å². The van der Waals surface area contributed by atoms with Crippen LogP contribution in [0.1, 0.15) is 27.7 Å². The van der Waals surface area contributed by atoms with Crippen molar-refractivity contribution in [2.45, 2.75) is 39.1 Å². The molecule has 120 valence electrons. The Morgan fingerprint density at radius 2 is 1.90 bits per heavy atom. The quantitative estimate of drug-likeness (QED) is 0.773. The molecule has 0 bridgehead atoms. The molecule has 0 aromatic rings. The molecule has 0 saturated carbocycles. The monoisotopic (exact) mass is 322 g/mol. The molecule has 1 heterocycles. The first kappa shape index (κ1) is 18.3. The third-order valence-electron chi connectivity index (χ3n) is 3.98. The Kier molecular flexibility index (Phi) is 7.32. The molecule has 6 heteroatoms. The summed E-state index contributed by atoms with van der Waals surface area (Å²) in [4.78, 5) is 2.19. The SMILES string of the molecule is CC(C)CNCC(C)C(C)N1CCSCC1S(C)(=O)=O. The molecule has 0 spiro atoms. The zero-order valence-corrected chi connectivity index (χ0v) is 15.1. The van der Waals surface area contributed by atoms with E-state index in [2.05, 4.69) is 37.9 Å². The summed E-state index contributed by atoms with van der Waals surface area (Å²) in [5, 5.41) is 3.16. The fraction of sp³-hybridized carbons (Fsp3) is 1.00. The lowest BCUT2D eigenvalue weighted by molar-refractivity contribution is 0.155. The normalized spacial score (nSPS) is 24.8. The summed E-state index contributed by atoms with van der Waals surface area (Å²) in [5.74, 6) is 2.83. The van der Waals surface area contributed by atoms with Gasteiger partial charge in [-0.15, -0.1) is 0 Å². The van der Waals surface area contributed by atoms with Crippen LogP contribution in [0.2, 0.25) is 0 Å². The summed E-state index contributed by atoms with van der Waals surface area (Å²) < 4.78 is 23.9. The molecule has 0 radical (unpaired) electrons. The fourth-order valence-electron chi connectivity index (χ4n) is 2.53. The van der Waals surface area contributed by atoms with Crippen molar-refractivity contribution >= 4 is 21.6 Å². The first-order chi connectivity index (χ1) is 9.23. The van der Waals surface area contributed by atoms with E-state index in [4.69, 9.17) is 0 Å². The summed E-state index contributed by atoms with van der Waals surface area (Å²) in [6, 6.07) is 0.287. The van der Waals surface area contributed by atoms with Gasteiger partial charge in [-0.1, -0.05) is 20.8 Å². The molecule has 3 unspecified atom stereocenters. The molecule has 1 rings (SSSR count). The van der Waals surface area contributed by atoms with Crippen LogP contribution in [0, 0.1) is 11.8 Å². The van der Waals surface area contributed by atoms with Crippen molar-refractivity contribution in [3.63, 3.8) is 0 Å². The van der Waals surface area contributed by atoms with Gasteiger partial charge in [0.15, 0.2) is 9.84 Å². The Hall–Kier alpha value is 0.220. The maximum atomic E-state index is 12.0. The molecule has 1 fully saturated rings. The number of rotatable bonds is 7. The summed E-state index contributed by atoms with van der Waals surface area (Å²) in [6.45, 7) is 11.6. The zero-order valence-electron chi connectivity index (χ0n) is 13.4. The van der Waals surface area contributed by atoms with Crippen LogP contribution in [0.25, 0.3) is 0 Å². The summed E-state index contributed by atoms with van der Waals surface area (Å²) >= 11 is 1.75. The predicted octanol–water partition coefficient (Wildman–Crippen LogP) is 1.68. The topological polar surface area (TPSA) is 49.4 Å². The second kappa shape index (κ2) is 8.01. The molecule has 4 nitrogen and oxygen atoms in total. The highest BCUT2D eigenvalue weighted by molar-refractivity contribution is 8.00. The molecule has 20 heavy (non-hydrogen) atoms. The number of hydrogen-bond acceptors (Lipinski definition) is 5. The first-order valence-electron chi connectivity index (χ1n) is 7.46. The average Bonchev–Trinajstić information content (AvgIpc) is 2.36. The van der Waals surface area contributed by atoms with Crippen LogP contribution >= 0.6 is 11.8 Å². The van der Waals surface area contributed by atoms with E-state index >= 15 is 0 Å². The molecule has 1 N–H and O–H groups in total. The minimum absolute atomic E-state index is 0.287. The lowest BCUT2D eigenvalue weighted by Crippen LogP contribution is -2.53. The van der Waals surface area contributed by atoms with E-state index in [0.717, 1.165) is 25.4 Å². The van der Waals surface area contributed by atoms with Gasteiger partial charge >= 0.3 is 0 Å². The third-order valence-corrected chi connectivity index (χ3v) is 6.64. The Morgan fingerprint density at radius 1 is 1.25 bits per heavy atom. The number of hydrogen-bond donors (Lipinski definition) is 1. The van der Waals surface area contributed by atoms with E-state index in [0.29, 0.717) is 17.6 Å². The Bertz CT molecular complexity index is 385. The van der Waals surface area contributed by atoms with Crippen molar-refractivity contribution in [1.29, 1.82) is 0 Å². The molecule has 0 aliphatic carbocycles. The van der Waals surface area contributed by atoms with Crippen LogP contribution in [-0.2, 0) is 9.84 Å². The van der Waals surface area contributed by atoms with E-state index in [1.807, 2.05) is 0 Å². The van der Waals surface area contributed by atoms with Crippen LogP contribution in [0.15, 0.2) is 0 Å². The van der Waals surface area contributed by atoms with Crippen LogP contribution in [-0.4, -0.2) is 62.1 Å². The van der Waals surface area contributed by atoms with Crippen molar-refractivity contribution in [3.8, 4) is 0 Å². The summed E-state index contributed by atoms with van der Waals surface area (Å²) in [6.07, 6.45) is 1.37. The molecule has 0 aromatic heterocycles. The molecule has 1 aliphatic heterocycles. The van der Waals surface area contributed by atoms with Crippen molar-refractivity contribution in [2.75, 3.05) is 37.4 Å². The number of sulfone groups is 1. The van der Waals surface area contributed by atoms with E-state index in [9.17, 15) is 8.42 Å². The summed E-state index contributed by atoms with van der Waals surface area (Å²) in [5.41, 5.74) is 0. The molecule has 1 saturated heterocycles. The molecule has 3 atom stereocenters. The lowest BCUT2D eigenvalue weighted by Gasteiger charge is -2.40. The molecule has 0 aromatic carbocycles. The Balaban J connectivity index is 2.60. The van der Waals surface area contributed by atoms with Crippen LogP contribution in [0.5, 0.6) is 0 Å². The molecule has 0 amide bonds. The van der Waals surface area contributed by atoms with Crippen LogP contribution in [0.3, 0.4) is 0 Å². The van der Waals surface area contributed by atoms with Gasteiger partial charge in [-0.2, -0.15) is 11.8 Å². The van der Waals surface area contributed by atoms with Gasteiger partial charge in [0, 0.05) is 30.3 Å². The maximum absolute atomic E-state index is 12.0. The van der Waals surface area contributed by atoms with Gasteiger partial charge in [0.25, 0.3) is 0 Å². The largest absolute Gasteiger partial charge is 0.316 e. The van der Waals surface area contributed by atoms with Gasteiger partial charge in [-0.05, 0) is 31.8 Å². The van der Waals surface area contributed by atoms with E-state index < -0.39 is 9.84 Å². The number of nitrogens with one attached hydrogen (secondary N) is 1. The van der Waals surface area contributed by atoms with Crippen LogP contribution < -0.4 is 5.32 Å². The standard InChI is InChI=1S/C14H30N2O2S2/c1-11(2)8-15-9-12(3)13(4)16-6-7-19-10-14(16)20(5,17)18/h11-15H,6-10H2,1-5H3. The highest BCUT2D eigenvalue weighted by Gasteiger charge is 2.35. The van der Waals surface area contributed by atoms with Gasteiger partial charge in [0.1, 0.15) is 5.37 Å². The highest BCUT2D eigenvalue weighted by atomic mass is 32.2. The number of thioether (sulfide) groups is 1. The average molecular weight is 323 g/mol.